The summed E-state index contributed by atoms with van der Waals surface area (Å²) in [6, 6.07) is 1.11. The van der Waals surface area contributed by atoms with E-state index in [2.05, 4.69) is 20.8 Å². The molecular formula is C13H28O2Si. The van der Waals surface area contributed by atoms with Crippen LogP contribution in [0.15, 0.2) is 0 Å². The van der Waals surface area contributed by atoms with Gasteiger partial charge in [0.15, 0.2) is 0 Å². The Morgan fingerprint density at radius 3 is 1.88 bits per heavy atom. The minimum absolute atomic E-state index is 0.301. The van der Waals surface area contributed by atoms with Crippen molar-refractivity contribution in [1.82, 2.24) is 0 Å². The molecule has 1 saturated carbocycles. The largest absolute Gasteiger partial charge is 0.397 e. The average molecular weight is 244 g/mol. The second kappa shape index (κ2) is 5.65. The van der Waals surface area contributed by atoms with Gasteiger partial charge >= 0.3 is 8.56 Å². The van der Waals surface area contributed by atoms with Crippen LogP contribution in [0.5, 0.6) is 0 Å². The van der Waals surface area contributed by atoms with E-state index in [-0.39, 0.29) is 0 Å². The highest BCUT2D eigenvalue weighted by Gasteiger charge is 2.47. The number of rotatable bonds is 4. The summed E-state index contributed by atoms with van der Waals surface area (Å²) in [7, 11) is 1.74. The van der Waals surface area contributed by atoms with Crippen LogP contribution in [0.3, 0.4) is 0 Å². The Kier molecular flexibility index (Phi) is 5.01. The van der Waals surface area contributed by atoms with Crippen molar-refractivity contribution in [3.8, 4) is 0 Å². The first-order valence-corrected chi connectivity index (χ1v) is 8.64. The third kappa shape index (κ3) is 3.57. The molecule has 1 aliphatic carbocycles. The van der Waals surface area contributed by atoms with Crippen LogP contribution in [-0.2, 0) is 8.85 Å². The van der Waals surface area contributed by atoms with Crippen molar-refractivity contribution in [2.24, 2.45) is 5.41 Å². The van der Waals surface area contributed by atoms with E-state index >= 15 is 0 Å². The summed E-state index contributed by atoms with van der Waals surface area (Å²) in [5.41, 5.74) is 1.01. The Morgan fingerprint density at radius 2 is 1.50 bits per heavy atom. The standard InChI is InChI=1S/C13H28O2Si/c1-13(2,3)11-16(14-4,15-5)12-9-7-6-8-10-12/h12H,6-11H2,1-5H3. The molecule has 0 aromatic heterocycles. The normalized spacial score (nSPS) is 20.1. The highest BCUT2D eigenvalue weighted by molar-refractivity contribution is 6.69. The van der Waals surface area contributed by atoms with Crippen LogP contribution < -0.4 is 0 Å². The Hall–Kier alpha value is 0.137. The zero-order valence-electron chi connectivity index (χ0n) is 11.6. The summed E-state index contributed by atoms with van der Waals surface area (Å²) < 4.78 is 11.8. The van der Waals surface area contributed by atoms with Crippen molar-refractivity contribution < 1.29 is 8.85 Å². The van der Waals surface area contributed by atoms with Crippen molar-refractivity contribution in [3.63, 3.8) is 0 Å². The van der Waals surface area contributed by atoms with Gasteiger partial charge in [-0.1, -0.05) is 40.0 Å². The van der Waals surface area contributed by atoms with Crippen LogP contribution in [-0.4, -0.2) is 22.8 Å². The predicted octanol–water partition coefficient (Wildman–Crippen LogP) is 4.10. The molecular weight excluding hydrogens is 216 g/mol. The fraction of sp³-hybridized carbons (Fsp3) is 1.00. The first kappa shape index (κ1) is 14.2. The first-order valence-electron chi connectivity index (χ1n) is 6.54. The monoisotopic (exact) mass is 244 g/mol. The van der Waals surface area contributed by atoms with E-state index in [0.717, 1.165) is 6.04 Å². The lowest BCUT2D eigenvalue weighted by molar-refractivity contribution is 0.201. The van der Waals surface area contributed by atoms with Crippen molar-refractivity contribution in [1.29, 1.82) is 0 Å². The smallest absolute Gasteiger partial charge is 0.341 e. The van der Waals surface area contributed by atoms with Gasteiger partial charge < -0.3 is 8.85 Å². The van der Waals surface area contributed by atoms with E-state index in [1.807, 2.05) is 14.2 Å². The zero-order valence-corrected chi connectivity index (χ0v) is 12.6. The highest BCUT2D eigenvalue weighted by Crippen LogP contribution is 2.43. The molecule has 0 N–H and O–H groups in total. The lowest BCUT2D eigenvalue weighted by Gasteiger charge is -2.40. The van der Waals surface area contributed by atoms with Gasteiger partial charge in [0.2, 0.25) is 0 Å². The third-order valence-corrected chi connectivity index (χ3v) is 8.45. The van der Waals surface area contributed by atoms with Gasteiger partial charge in [0.1, 0.15) is 0 Å². The Bertz CT molecular complexity index is 200. The summed E-state index contributed by atoms with van der Waals surface area (Å²) in [4.78, 5) is 0. The van der Waals surface area contributed by atoms with Gasteiger partial charge in [-0.3, -0.25) is 0 Å². The van der Waals surface area contributed by atoms with Gasteiger partial charge in [-0.25, -0.2) is 0 Å². The molecule has 1 aliphatic rings. The molecule has 0 heterocycles. The van der Waals surface area contributed by atoms with E-state index < -0.39 is 8.56 Å². The average Bonchev–Trinajstić information content (AvgIpc) is 2.26. The summed E-state index contributed by atoms with van der Waals surface area (Å²) in [5, 5.41) is 0. The number of hydrogen-bond acceptors (Lipinski definition) is 2. The second-order valence-electron chi connectivity index (χ2n) is 6.29. The molecule has 1 rings (SSSR count). The van der Waals surface area contributed by atoms with Crippen molar-refractivity contribution in [2.45, 2.75) is 64.5 Å². The topological polar surface area (TPSA) is 18.5 Å². The maximum Gasteiger partial charge on any atom is 0.341 e. The molecule has 0 spiro atoms. The molecule has 2 nitrogen and oxygen atoms in total. The van der Waals surface area contributed by atoms with E-state index in [4.69, 9.17) is 8.85 Å². The quantitative estimate of drug-likeness (QED) is 0.693. The molecule has 0 bridgehead atoms. The summed E-state index contributed by atoms with van der Waals surface area (Å²) in [5.74, 6) is 0. The van der Waals surface area contributed by atoms with Crippen LogP contribution >= 0.6 is 0 Å². The summed E-state index contributed by atoms with van der Waals surface area (Å²) in [6.45, 7) is 6.86. The van der Waals surface area contributed by atoms with E-state index in [1.54, 1.807) is 0 Å². The van der Waals surface area contributed by atoms with Crippen molar-refractivity contribution in [2.75, 3.05) is 14.2 Å². The fourth-order valence-electron chi connectivity index (χ4n) is 2.99. The van der Waals surface area contributed by atoms with Crippen LogP contribution in [0.25, 0.3) is 0 Å². The van der Waals surface area contributed by atoms with E-state index in [9.17, 15) is 0 Å². The molecule has 0 amide bonds. The molecule has 0 unspecified atom stereocenters. The molecule has 0 aromatic carbocycles. The van der Waals surface area contributed by atoms with Crippen LogP contribution in [0.4, 0.5) is 0 Å². The van der Waals surface area contributed by atoms with Gasteiger partial charge in [0.05, 0.1) is 0 Å². The molecule has 3 heteroatoms. The van der Waals surface area contributed by atoms with Gasteiger partial charge in [-0.2, -0.15) is 0 Å². The van der Waals surface area contributed by atoms with Crippen molar-refractivity contribution in [3.05, 3.63) is 0 Å². The van der Waals surface area contributed by atoms with E-state index in [0.29, 0.717) is 11.0 Å². The fourth-order valence-corrected chi connectivity index (χ4v) is 7.16. The van der Waals surface area contributed by atoms with Gasteiger partial charge in [0.25, 0.3) is 0 Å². The number of hydrogen-bond donors (Lipinski definition) is 0. The van der Waals surface area contributed by atoms with Gasteiger partial charge in [0, 0.05) is 19.8 Å². The Morgan fingerprint density at radius 1 is 1.00 bits per heavy atom. The zero-order chi connectivity index (χ0) is 12.2. The third-order valence-electron chi connectivity index (χ3n) is 3.69. The lowest BCUT2D eigenvalue weighted by Crippen LogP contribution is -2.48. The van der Waals surface area contributed by atoms with Crippen LogP contribution in [0, 0.1) is 5.41 Å². The molecule has 0 saturated heterocycles. The minimum atomic E-state index is -1.98. The maximum atomic E-state index is 5.92. The maximum absolute atomic E-state index is 5.92. The summed E-state index contributed by atoms with van der Waals surface area (Å²) >= 11 is 0. The van der Waals surface area contributed by atoms with Gasteiger partial charge in [-0.05, 0) is 24.3 Å². The SMILES string of the molecule is CO[Si](CC(C)(C)C)(OC)C1CCCCC1. The van der Waals surface area contributed by atoms with Crippen LogP contribution in [0.2, 0.25) is 11.6 Å². The van der Waals surface area contributed by atoms with Crippen LogP contribution in [0.1, 0.15) is 52.9 Å². The van der Waals surface area contributed by atoms with E-state index in [1.165, 1.54) is 32.1 Å². The first-order chi connectivity index (χ1) is 7.43. The Balaban J connectivity index is 2.76. The molecule has 0 radical (unpaired) electrons. The molecule has 96 valence electrons. The molecule has 0 aromatic rings. The predicted molar refractivity (Wildman–Crippen MR) is 70.9 cm³/mol. The molecule has 16 heavy (non-hydrogen) atoms. The molecule has 0 aliphatic heterocycles. The lowest BCUT2D eigenvalue weighted by atomic mass is 9.99. The van der Waals surface area contributed by atoms with Gasteiger partial charge in [-0.15, -0.1) is 0 Å². The molecule has 0 atom stereocenters. The highest BCUT2D eigenvalue weighted by atomic mass is 28.4. The minimum Gasteiger partial charge on any atom is -0.397 e. The Labute approximate surface area is 102 Å². The second-order valence-corrected chi connectivity index (χ2v) is 9.90. The summed E-state index contributed by atoms with van der Waals surface area (Å²) in [6.07, 6.45) is 6.73. The van der Waals surface area contributed by atoms with Crippen molar-refractivity contribution >= 4 is 8.56 Å². The molecule has 1 fully saturated rings.